The van der Waals surface area contributed by atoms with Crippen LogP contribution < -0.4 is 0 Å². The SMILES string of the molecule is ON=C1CCC(OCC(O)COCc2ccccc2)CC1. The first kappa shape index (κ1) is 15.9. The van der Waals surface area contributed by atoms with E-state index < -0.39 is 6.10 Å². The summed E-state index contributed by atoms with van der Waals surface area (Å²) in [4.78, 5) is 0. The summed E-state index contributed by atoms with van der Waals surface area (Å²) in [5.41, 5.74) is 1.93. The second-order valence-electron chi connectivity index (χ2n) is 5.35. The number of nitrogens with zero attached hydrogens (tertiary/aromatic N) is 1. The van der Waals surface area contributed by atoms with Crippen molar-refractivity contribution in [2.24, 2.45) is 5.16 Å². The predicted octanol–water partition coefficient (Wildman–Crippen LogP) is 2.35. The molecule has 0 spiro atoms. The molecule has 0 bridgehead atoms. The zero-order valence-electron chi connectivity index (χ0n) is 12.1. The van der Waals surface area contributed by atoms with Gasteiger partial charge in [-0.3, -0.25) is 0 Å². The van der Waals surface area contributed by atoms with Gasteiger partial charge in [0.2, 0.25) is 0 Å². The molecule has 5 nitrogen and oxygen atoms in total. The van der Waals surface area contributed by atoms with E-state index in [-0.39, 0.29) is 19.3 Å². The molecule has 0 heterocycles. The topological polar surface area (TPSA) is 71.3 Å². The standard InChI is InChI=1S/C16H23NO4/c18-15(11-20-10-13-4-2-1-3-5-13)12-21-16-8-6-14(17-19)7-9-16/h1-5,15-16,18-19H,6-12H2. The minimum atomic E-state index is -0.610. The van der Waals surface area contributed by atoms with E-state index in [1.165, 1.54) is 0 Å². The molecule has 1 atom stereocenters. The highest BCUT2D eigenvalue weighted by Gasteiger charge is 2.19. The Labute approximate surface area is 125 Å². The molecule has 0 radical (unpaired) electrons. The van der Waals surface area contributed by atoms with E-state index in [0.29, 0.717) is 6.61 Å². The first-order valence-electron chi connectivity index (χ1n) is 7.39. The quantitative estimate of drug-likeness (QED) is 0.598. The number of ether oxygens (including phenoxy) is 2. The van der Waals surface area contributed by atoms with Crippen molar-refractivity contribution in [1.29, 1.82) is 0 Å². The molecule has 5 heteroatoms. The average molecular weight is 293 g/mol. The molecular formula is C16H23NO4. The van der Waals surface area contributed by atoms with Gasteiger partial charge < -0.3 is 19.8 Å². The van der Waals surface area contributed by atoms with Crippen molar-refractivity contribution in [3.05, 3.63) is 35.9 Å². The first-order chi connectivity index (χ1) is 10.3. The summed E-state index contributed by atoms with van der Waals surface area (Å²) in [6.45, 7) is 1.05. The summed E-state index contributed by atoms with van der Waals surface area (Å²) in [5, 5.41) is 21.8. The molecule has 1 saturated carbocycles. The molecule has 1 aromatic carbocycles. The number of benzene rings is 1. The molecular weight excluding hydrogens is 270 g/mol. The molecule has 1 unspecified atom stereocenters. The molecule has 2 N–H and O–H groups in total. The fraction of sp³-hybridized carbons (Fsp3) is 0.562. The van der Waals surface area contributed by atoms with Gasteiger partial charge in [0.25, 0.3) is 0 Å². The highest BCUT2D eigenvalue weighted by atomic mass is 16.5. The molecule has 0 saturated heterocycles. The van der Waals surface area contributed by atoms with Crippen LogP contribution in [-0.4, -0.2) is 41.4 Å². The Morgan fingerprint density at radius 2 is 1.86 bits per heavy atom. The molecule has 1 aromatic rings. The lowest BCUT2D eigenvalue weighted by Gasteiger charge is -2.24. The maximum atomic E-state index is 9.84. The number of aliphatic hydroxyl groups is 1. The highest BCUT2D eigenvalue weighted by Crippen LogP contribution is 2.19. The van der Waals surface area contributed by atoms with Crippen molar-refractivity contribution in [1.82, 2.24) is 0 Å². The minimum absolute atomic E-state index is 0.138. The minimum Gasteiger partial charge on any atom is -0.411 e. The molecule has 2 rings (SSSR count). The largest absolute Gasteiger partial charge is 0.411 e. The molecule has 116 valence electrons. The van der Waals surface area contributed by atoms with Gasteiger partial charge in [0.1, 0.15) is 6.10 Å². The van der Waals surface area contributed by atoms with Crippen molar-refractivity contribution in [3.8, 4) is 0 Å². The monoisotopic (exact) mass is 293 g/mol. The highest BCUT2D eigenvalue weighted by molar-refractivity contribution is 5.84. The zero-order chi connectivity index (χ0) is 14.9. The van der Waals surface area contributed by atoms with Gasteiger partial charge in [-0.05, 0) is 31.2 Å². The van der Waals surface area contributed by atoms with E-state index >= 15 is 0 Å². The Hall–Kier alpha value is -1.43. The maximum absolute atomic E-state index is 9.84. The Morgan fingerprint density at radius 1 is 1.14 bits per heavy atom. The summed E-state index contributed by atoms with van der Waals surface area (Å²) < 4.78 is 11.1. The molecule has 0 aliphatic heterocycles. The maximum Gasteiger partial charge on any atom is 0.101 e. The van der Waals surface area contributed by atoms with Gasteiger partial charge in [-0.1, -0.05) is 35.5 Å². The Kier molecular flexibility index (Phi) is 6.66. The van der Waals surface area contributed by atoms with Crippen LogP contribution >= 0.6 is 0 Å². The first-order valence-corrected chi connectivity index (χ1v) is 7.39. The van der Waals surface area contributed by atoms with Crippen LogP contribution in [0.15, 0.2) is 35.5 Å². The van der Waals surface area contributed by atoms with Crippen molar-refractivity contribution >= 4 is 5.71 Å². The van der Waals surface area contributed by atoms with Crippen molar-refractivity contribution in [3.63, 3.8) is 0 Å². The van der Waals surface area contributed by atoms with Crippen molar-refractivity contribution < 1.29 is 19.8 Å². The Balaban J connectivity index is 1.56. The second kappa shape index (κ2) is 8.77. The summed E-state index contributed by atoms with van der Waals surface area (Å²) in [5.74, 6) is 0. The van der Waals surface area contributed by atoms with E-state index in [0.717, 1.165) is 37.0 Å². The lowest BCUT2D eigenvalue weighted by molar-refractivity contribution is -0.0516. The van der Waals surface area contributed by atoms with Crippen LogP contribution in [0.5, 0.6) is 0 Å². The van der Waals surface area contributed by atoms with Gasteiger partial charge in [0.15, 0.2) is 0 Å². The van der Waals surface area contributed by atoms with Gasteiger partial charge in [-0.2, -0.15) is 0 Å². The summed E-state index contributed by atoms with van der Waals surface area (Å²) in [6, 6.07) is 9.87. The third-order valence-electron chi connectivity index (χ3n) is 3.60. The summed E-state index contributed by atoms with van der Waals surface area (Å²) >= 11 is 0. The lowest BCUT2D eigenvalue weighted by Crippen LogP contribution is -2.28. The van der Waals surface area contributed by atoms with E-state index in [9.17, 15) is 5.11 Å². The van der Waals surface area contributed by atoms with Gasteiger partial charge in [-0.25, -0.2) is 0 Å². The molecule has 21 heavy (non-hydrogen) atoms. The van der Waals surface area contributed by atoms with Gasteiger partial charge >= 0.3 is 0 Å². The van der Waals surface area contributed by atoms with E-state index in [1.807, 2.05) is 30.3 Å². The van der Waals surface area contributed by atoms with E-state index in [1.54, 1.807) is 0 Å². The average Bonchev–Trinajstić information content (AvgIpc) is 2.54. The van der Waals surface area contributed by atoms with Crippen LogP contribution in [0.1, 0.15) is 31.2 Å². The van der Waals surface area contributed by atoms with Crippen LogP contribution in [0.3, 0.4) is 0 Å². The second-order valence-corrected chi connectivity index (χ2v) is 5.35. The van der Waals surface area contributed by atoms with Gasteiger partial charge in [0, 0.05) is 0 Å². The van der Waals surface area contributed by atoms with Crippen LogP contribution in [-0.2, 0) is 16.1 Å². The fourth-order valence-corrected chi connectivity index (χ4v) is 2.37. The van der Waals surface area contributed by atoms with Gasteiger partial charge in [-0.15, -0.1) is 0 Å². The van der Waals surface area contributed by atoms with Crippen molar-refractivity contribution in [2.75, 3.05) is 13.2 Å². The summed E-state index contributed by atoms with van der Waals surface area (Å²) in [6.07, 6.45) is 2.75. The van der Waals surface area contributed by atoms with E-state index in [4.69, 9.17) is 14.7 Å². The Bertz CT molecular complexity index is 425. The zero-order valence-corrected chi connectivity index (χ0v) is 12.1. The fourth-order valence-electron chi connectivity index (χ4n) is 2.37. The number of oxime groups is 1. The number of aliphatic hydroxyl groups excluding tert-OH is 1. The summed E-state index contributed by atoms with van der Waals surface area (Å²) in [7, 11) is 0. The number of rotatable bonds is 7. The predicted molar refractivity (Wildman–Crippen MR) is 79.5 cm³/mol. The number of hydrogen-bond acceptors (Lipinski definition) is 5. The lowest BCUT2D eigenvalue weighted by atomic mass is 9.96. The van der Waals surface area contributed by atoms with Crippen LogP contribution in [0, 0.1) is 0 Å². The molecule has 1 aliphatic rings. The molecule has 0 aromatic heterocycles. The third kappa shape index (κ3) is 5.83. The normalized spacial score (nSPS) is 20.2. The van der Waals surface area contributed by atoms with Crippen LogP contribution in [0.25, 0.3) is 0 Å². The van der Waals surface area contributed by atoms with Crippen LogP contribution in [0.4, 0.5) is 0 Å². The van der Waals surface area contributed by atoms with Gasteiger partial charge in [0.05, 0.1) is 31.6 Å². The molecule has 0 amide bonds. The molecule has 1 aliphatic carbocycles. The Morgan fingerprint density at radius 3 is 2.52 bits per heavy atom. The van der Waals surface area contributed by atoms with Crippen molar-refractivity contribution in [2.45, 2.75) is 44.5 Å². The smallest absolute Gasteiger partial charge is 0.101 e. The van der Waals surface area contributed by atoms with E-state index in [2.05, 4.69) is 5.16 Å². The molecule has 1 fully saturated rings. The number of hydrogen-bond donors (Lipinski definition) is 2. The third-order valence-corrected chi connectivity index (χ3v) is 3.60. The van der Waals surface area contributed by atoms with Crippen LogP contribution in [0.2, 0.25) is 0 Å².